The lowest BCUT2D eigenvalue weighted by Gasteiger charge is -2.32. The molecular formula is C24H23N3O2S2. The Labute approximate surface area is 189 Å². The Bertz CT molecular complexity index is 1180. The maximum absolute atomic E-state index is 13.4. The first kappa shape index (κ1) is 20.3. The van der Waals surface area contributed by atoms with E-state index >= 15 is 0 Å². The number of nitrogens with zero attached hydrogens (tertiary/aromatic N) is 3. The van der Waals surface area contributed by atoms with Crippen LogP contribution in [-0.4, -0.2) is 34.0 Å². The molecule has 1 amide bonds. The molecule has 1 atom stereocenters. The number of aryl methyl sites for hydroxylation is 1. The maximum Gasteiger partial charge on any atom is 0.255 e. The molecule has 3 heterocycles. The molecule has 0 spiro atoms. The van der Waals surface area contributed by atoms with Crippen molar-refractivity contribution in [3.8, 4) is 0 Å². The highest BCUT2D eigenvalue weighted by atomic mass is 32.2. The van der Waals surface area contributed by atoms with Crippen molar-refractivity contribution < 1.29 is 9.32 Å². The van der Waals surface area contributed by atoms with Gasteiger partial charge in [0.15, 0.2) is 0 Å². The van der Waals surface area contributed by atoms with Gasteiger partial charge in [-0.3, -0.25) is 4.79 Å². The number of amides is 1. The summed E-state index contributed by atoms with van der Waals surface area (Å²) in [5, 5.41) is 5.20. The van der Waals surface area contributed by atoms with E-state index in [0.29, 0.717) is 11.7 Å². The topological polar surface area (TPSA) is 59.2 Å². The zero-order valence-corrected chi connectivity index (χ0v) is 18.9. The zero-order valence-electron chi connectivity index (χ0n) is 17.3. The Morgan fingerprint density at radius 2 is 2.06 bits per heavy atom. The number of piperidine rings is 1. The first-order valence-electron chi connectivity index (χ1n) is 10.5. The van der Waals surface area contributed by atoms with Gasteiger partial charge in [-0.1, -0.05) is 29.4 Å². The minimum atomic E-state index is 0.102. The minimum Gasteiger partial charge on any atom is -0.361 e. The van der Waals surface area contributed by atoms with Crippen molar-refractivity contribution >= 4 is 39.2 Å². The first-order valence-corrected chi connectivity index (χ1v) is 12.3. The number of likely N-dealkylation sites (tertiary alicyclic amines) is 1. The summed E-state index contributed by atoms with van der Waals surface area (Å²) in [4.78, 5) is 21.3. The summed E-state index contributed by atoms with van der Waals surface area (Å²) in [6, 6.07) is 18.1. The lowest BCUT2D eigenvalue weighted by molar-refractivity contribution is 0.0703. The second-order valence-corrected chi connectivity index (χ2v) is 9.90. The van der Waals surface area contributed by atoms with Crippen LogP contribution in [0.3, 0.4) is 0 Å². The fourth-order valence-electron chi connectivity index (χ4n) is 4.01. The predicted molar refractivity (Wildman–Crippen MR) is 125 cm³/mol. The Kier molecular flexibility index (Phi) is 5.78. The second kappa shape index (κ2) is 8.85. The number of benzene rings is 2. The van der Waals surface area contributed by atoms with Crippen molar-refractivity contribution in [1.82, 2.24) is 15.0 Å². The van der Waals surface area contributed by atoms with E-state index in [0.717, 1.165) is 58.4 Å². The molecule has 2 aromatic carbocycles. The third-order valence-corrected chi connectivity index (χ3v) is 7.84. The highest BCUT2D eigenvalue weighted by molar-refractivity contribution is 7.98. The molecule has 31 heavy (non-hydrogen) atoms. The van der Waals surface area contributed by atoms with E-state index in [2.05, 4.69) is 23.4 Å². The number of para-hydroxylation sites is 1. The summed E-state index contributed by atoms with van der Waals surface area (Å²) >= 11 is 3.38. The third kappa shape index (κ3) is 4.38. The summed E-state index contributed by atoms with van der Waals surface area (Å²) in [6.45, 7) is 3.40. The van der Waals surface area contributed by atoms with E-state index in [1.807, 2.05) is 48.2 Å². The number of thioether (sulfide) groups is 1. The fraction of sp³-hybridized carbons (Fsp3) is 0.292. The molecule has 0 bridgehead atoms. The number of hydrogen-bond acceptors (Lipinski definition) is 6. The van der Waals surface area contributed by atoms with Gasteiger partial charge in [0.1, 0.15) is 5.76 Å². The smallest absolute Gasteiger partial charge is 0.255 e. The molecule has 1 aliphatic heterocycles. The predicted octanol–water partition coefficient (Wildman–Crippen LogP) is 5.90. The molecule has 0 radical (unpaired) electrons. The third-order valence-electron chi connectivity index (χ3n) is 5.54. The van der Waals surface area contributed by atoms with Gasteiger partial charge in [0.25, 0.3) is 5.91 Å². The summed E-state index contributed by atoms with van der Waals surface area (Å²) in [7, 11) is 0. The van der Waals surface area contributed by atoms with Gasteiger partial charge < -0.3 is 9.42 Å². The standard InChI is InChI=1S/C24H23N3O2S2/c1-16-13-18(26-29-16)15-30-21-10-4-2-8-19(21)24(28)27-12-6-7-17(14-27)23-25-20-9-3-5-11-22(20)31-23/h2-5,8-11,13,17H,6-7,12,14-15H2,1H3. The zero-order chi connectivity index (χ0) is 21.2. The Hall–Kier alpha value is -2.64. The molecule has 158 valence electrons. The SMILES string of the molecule is Cc1cc(CSc2ccccc2C(=O)N2CCCC(c3nc4ccccc4s3)C2)no1. The first-order chi connectivity index (χ1) is 15.2. The van der Waals surface area contributed by atoms with Crippen molar-refractivity contribution in [3.05, 3.63) is 76.6 Å². The largest absolute Gasteiger partial charge is 0.361 e. The van der Waals surface area contributed by atoms with E-state index in [4.69, 9.17) is 9.51 Å². The van der Waals surface area contributed by atoms with Crippen LogP contribution in [0.4, 0.5) is 0 Å². The van der Waals surface area contributed by atoms with E-state index in [1.54, 1.807) is 23.1 Å². The van der Waals surface area contributed by atoms with Crippen molar-refractivity contribution in [1.29, 1.82) is 0 Å². The maximum atomic E-state index is 13.4. The quantitative estimate of drug-likeness (QED) is 0.355. The number of fused-ring (bicyclic) bond motifs is 1. The fourth-order valence-corrected chi connectivity index (χ4v) is 6.02. The van der Waals surface area contributed by atoms with E-state index in [1.165, 1.54) is 4.70 Å². The molecule has 5 rings (SSSR count). The van der Waals surface area contributed by atoms with Gasteiger partial charge in [-0.25, -0.2) is 4.98 Å². The Balaban J connectivity index is 1.32. The molecule has 0 N–H and O–H groups in total. The molecule has 1 unspecified atom stereocenters. The van der Waals surface area contributed by atoms with E-state index < -0.39 is 0 Å². The molecule has 7 heteroatoms. The van der Waals surface area contributed by atoms with Crippen molar-refractivity contribution in [3.63, 3.8) is 0 Å². The average Bonchev–Trinajstić information content (AvgIpc) is 3.43. The molecule has 5 nitrogen and oxygen atoms in total. The van der Waals surface area contributed by atoms with Crippen molar-refractivity contribution in [2.75, 3.05) is 13.1 Å². The van der Waals surface area contributed by atoms with Gasteiger partial charge >= 0.3 is 0 Å². The average molecular weight is 450 g/mol. The van der Waals surface area contributed by atoms with Crippen LogP contribution in [-0.2, 0) is 5.75 Å². The molecule has 1 saturated heterocycles. The van der Waals surface area contributed by atoms with Crippen molar-refractivity contribution in [2.24, 2.45) is 0 Å². The lowest BCUT2D eigenvalue weighted by atomic mass is 9.98. The normalized spacial score (nSPS) is 16.7. The second-order valence-electron chi connectivity index (χ2n) is 7.82. The van der Waals surface area contributed by atoms with Gasteiger partial charge in [-0.2, -0.15) is 0 Å². The van der Waals surface area contributed by atoms with Crippen molar-refractivity contribution in [2.45, 2.75) is 36.3 Å². The highest BCUT2D eigenvalue weighted by Crippen LogP contribution is 2.34. The molecule has 4 aromatic rings. The number of carbonyl (C=O) groups excluding carboxylic acids is 1. The summed E-state index contributed by atoms with van der Waals surface area (Å²) in [5.74, 6) is 1.88. The van der Waals surface area contributed by atoms with E-state index in [-0.39, 0.29) is 5.91 Å². The van der Waals surface area contributed by atoms with Crippen LogP contribution in [0.5, 0.6) is 0 Å². The highest BCUT2D eigenvalue weighted by Gasteiger charge is 2.28. The summed E-state index contributed by atoms with van der Waals surface area (Å²) < 4.78 is 6.37. The molecule has 0 aliphatic carbocycles. The molecule has 1 fully saturated rings. The van der Waals surface area contributed by atoms with Crippen LogP contribution >= 0.6 is 23.1 Å². The molecule has 0 saturated carbocycles. The number of aromatic nitrogens is 2. The van der Waals surface area contributed by atoms with Gasteiger partial charge in [0.2, 0.25) is 0 Å². The number of carbonyl (C=O) groups is 1. The number of hydrogen-bond donors (Lipinski definition) is 0. The molecule has 1 aliphatic rings. The number of thiazole rings is 1. The van der Waals surface area contributed by atoms with Crippen LogP contribution in [0.1, 0.15) is 45.6 Å². The minimum absolute atomic E-state index is 0.102. The van der Waals surface area contributed by atoms with Gasteiger partial charge in [0, 0.05) is 35.7 Å². The molecular weight excluding hydrogens is 426 g/mol. The van der Waals surface area contributed by atoms with Crippen LogP contribution in [0.25, 0.3) is 10.2 Å². The Morgan fingerprint density at radius 1 is 1.23 bits per heavy atom. The summed E-state index contributed by atoms with van der Waals surface area (Å²) in [6.07, 6.45) is 2.07. The van der Waals surface area contributed by atoms with Gasteiger partial charge in [-0.05, 0) is 44.0 Å². The van der Waals surface area contributed by atoms with Gasteiger partial charge in [0.05, 0.1) is 26.5 Å². The molecule has 2 aromatic heterocycles. The summed E-state index contributed by atoms with van der Waals surface area (Å²) in [5.41, 5.74) is 2.70. The van der Waals surface area contributed by atoms with Crippen LogP contribution in [0.15, 0.2) is 64.0 Å². The number of rotatable bonds is 5. The van der Waals surface area contributed by atoms with Crippen LogP contribution < -0.4 is 0 Å². The van der Waals surface area contributed by atoms with Gasteiger partial charge in [-0.15, -0.1) is 23.1 Å². The monoisotopic (exact) mass is 449 g/mol. The van der Waals surface area contributed by atoms with Crippen LogP contribution in [0.2, 0.25) is 0 Å². The van der Waals surface area contributed by atoms with Crippen LogP contribution in [0, 0.1) is 6.92 Å². The Morgan fingerprint density at radius 3 is 2.90 bits per heavy atom. The van der Waals surface area contributed by atoms with E-state index in [9.17, 15) is 4.79 Å². The lowest BCUT2D eigenvalue weighted by Crippen LogP contribution is -2.39.